The molecule has 0 aliphatic carbocycles. The van der Waals surface area contributed by atoms with Crippen LogP contribution in [0.5, 0.6) is 0 Å². The maximum Gasteiger partial charge on any atom is 0.279 e. The average Bonchev–Trinajstić information content (AvgIpc) is 3.06. The first kappa shape index (κ1) is 22.5. The molecule has 28 heavy (non-hydrogen) atoms. The number of aromatic nitrogens is 2. The molecule has 154 valence electrons. The van der Waals surface area contributed by atoms with Gasteiger partial charge in [0.15, 0.2) is 5.69 Å². The van der Waals surface area contributed by atoms with Crippen molar-refractivity contribution in [2.24, 2.45) is 0 Å². The van der Waals surface area contributed by atoms with Crippen molar-refractivity contribution >= 4 is 31.5 Å². The van der Waals surface area contributed by atoms with Crippen molar-refractivity contribution in [2.75, 3.05) is 5.32 Å². The second kappa shape index (κ2) is 9.15. The second-order valence-corrected chi connectivity index (χ2v) is 13.6. The molecule has 1 aromatic heterocycles. The van der Waals surface area contributed by atoms with Crippen LogP contribution in [0.2, 0.25) is 21.6 Å². The maximum absolute atomic E-state index is 13.3. The molecule has 0 unspecified atom stereocenters. The van der Waals surface area contributed by atoms with Crippen LogP contribution in [-0.2, 0) is 11.0 Å². The smallest absolute Gasteiger partial charge is 0.279 e. The van der Waals surface area contributed by atoms with Crippen LogP contribution in [0.3, 0.4) is 0 Å². The van der Waals surface area contributed by atoms with Gasteiger partial charge in [0.05, 0.1) is 11.6 Å². The number of anilines is 1. The summed E-state index contributed by atoms with van der Waals surface area (Å²) in [5, 5.41) is 10.1. The lowest BCUT2D eigenvalue weighted by Crippen LogP contribution is -2.47. The summed E-state index contributed by atoms with van der Waals surface area (Å²) < 4.78 is 24.5. The van der Waals surface area contributed by atoms with E-state index in [4.69, 9.17) is 20.7 Å². The number of nitrogens with zero attached hydrogens (tertiary/aromatic N) is 2. The molecule has 9 heteroatoms. The summed E-state index contributed by atoms with van der Waals surface area (Å²) in [6.07, 6.45) is 0. The lowest BCUT2D eigenvalue weighted by atomic mass is 10.2. The van der Waals surface area contributed by atoms with Gasteiger partial charge in [-0.15, -0.1) is 0 Å². The lowest BCUT2D eigenvalue weighted by Gasteiger charge is -2.41. The molecule has 1 aromatic carbocycles. The summed E-state index contributed by atoms with van der Waals surface area (Å²) >= 11 is 5.75. The Labute approximate surface area is 170 Å². The minimum absolute atomic E-state index is 0.0413. The van der Waals surface area contributed by atoms with E-state index in [1.165, 1.54) is 18.2 Å². The first-order valence-corrected chi connectivity index (χ1v) is 11.8. The Morgan fingerprint density at radius 3 is 2.32 bits per heavy atom. The van der Waals surface area contributed by atoms with Gasteiger partial charge < -0.3 is 9.74 Å². The van der Waals surface area contributed by atoms with Crippen molar-refractivity contribution in [1.82, 2.24) is 10.3 Å². The summed E-state index contributed by atoms with van der Waals surface area (Å²) in [6.45, 7) is 13.2. The van der Waals surface area contributed by atoms with Crippen LogP contribution in [0.25, 0.3) is 0 Å². The molecular formula is C19H27ClFN3O3Si. The van der Waals surface area contributed by atoms with Gasteiger partial charge in [-0.1, -0.05) is 58.3 Å². The van der Waals surface area contributed by atoms with E-state index in [0.29, 0.717) is 28.0 Å². The van der Waals surface area contributed by atoms with Gasteiger partial charge in [0.25, 0.3) is 5.91 Å². The highest BCUT2D eigenvalue weighted by atomic mass is 35.5. The first-order valence-electron chi connectivity index (χ1n) is 9.31. The molecule has 0 atom stereocenters. The highest BCUT2D eigenvalue weighted by Crippen LogP contribution is 2.42. The predicted molar refractivity (Wildman–Crippen MR) is 109 cm³/mol. The zero-order valence-electron chi connectivity index (χ0n) is 17.0. The fourth-order valence-electron chi connectivity index (χ4n) is 3.93. The van der Waals surface area contributed by atoms with E-state index in [0.717, 1.165) is 0 Å². The van der Waals surface area contributed by atoms with Crippen molar-refractivity contribution in [3.05, 3.63) is 40.4 Å². The van der Waals surface area contributed by atoms with E-state index < -0.39 is 20.0 Å². The number of hydrogen-bond acceptors (Lipinski definition) is 5. The van der Waals surface area contributed by atoms with Gasteiger partial charge in [-0.2, -0.15) is 0 Å². The number of rotatable bonds is 8. The fourth-order valence-corrected chi connectivity index (χ4v) is 9.50. The van der Waals surface area contributed by atoms with Crippen LogP contribution in [0.1, 0.15) is 57.7 Å². The predicted octanol–water partition coefficient (Wildman–Crippen LogP) is 5.81. The van der Waals surface area contributed by atoms with E-state index >= 15 is 0 Å². The Balaban J connectivity index is 2.18. The van der Waals surface area contributed by atoms with E-state index in [1.807, 2.05) is 0 Å². The summed E-state index contributed by atoms with van der Waals surface area (Å²) in [7, 11) is -2.13. The fraction of sp³-hybridized carbons (Fsp3) is 0.526. The quantitative estimate of drug-likeness (QED) is 0.538. The van der Waals surface area contributed by atoms with Gasteiger partial charge in [0.1, 0.15) is 11.5 Å². The Kier molecular flexibility index (Phi) is 7.36. The third-order valence-electron chi connectivity index (χ3n) is 5.12. The largest absolute Gasteiger partial charge is 0.410 e. The molecule has 2 aromatic rings. The zero-order chi connectivity index (χ0) is 21.1. The molecule has 1 heterocycles. The number of nitrogens with one attached hydrogen (secondary N) is 1. The Bertz CT molecular complexity index is 805. The van der Waals surface area contributed by atoms with Gasteiger partial charge >= 0.3 is 0 Å². The van der Waals surface area contributed by atoms with Crippen molar-refractivity contribution in [3.8, 4) is 0 Å². The molecule has 0 radical (unpaired) electrons. The van der Waals surface area contributed by atoms with Crippen LogP contribution < -0.4 is 5.32 Å². The van der Waals surface area contributed by atoms with E-state index in [1.54, 1.807) is 0 Å². The van der Waals surface area contributed by atoms with Gasteiger partial charge in [-0.25, -0.2) is 9.02 Å². The molecule has 0 aliphatic heterocycles. The minimum Gasteiger partial charge on any atom is -0.410 e. The van der Waals surface area contributed by atoms with Crippen LogP contribution in [0.4, 0.5) is 10.1 Å². The van der Waals surface area contributed by atoms with E-state index in [9.17, 15) is 9.18 Å². The molecule has 1 amide bonds. The van der Waals surface area contributed by atoms with Gasteiger partial charge in [0, 0.05) is 5.69 Å². The topological polar surface area (TPSA) is 77.2 Å². The molecule has 2 rings (SSSR count). The molecule has 0 bridgehead atoms. The van der Waals surface area contributed by atoms with E-state index in [-0.39, 0.29) is 17.3 Å². The molecule has 0 fully saturated rings. The monoisotopic (exact) mass is 427 g/mol. The number of halogens is 2. The highest BCUT2D eigenvalue weighted by molar-refractivity contribution is 6.77. The number of carbonyl (C=O) groups excluding carboxylic acids is 1. The SMILES string of the molecule is CC(C)[Si](OCc1nonc1C(=O)Nc1ccc(F)c(Cl)c1)(C(C)C)C(C)C. The highest BCUT2D eigenvalue weighted by Gasteiger charge is 2.45. The molecular weight excluding hydrogens is 401 g/mol. The molecule has 0 saturated carbocycles. The summed E-state index contributed by atoms with van der Waals surface area (Å²) in [4.78, 5) is 12.6. The van der Waals surface area contributed by atoms with Gasteiger partial charge in [-0.05, 0) is 40.0 Å². The Hall–Kier alpha value is -1.77. The van der Waals surface area contributed by atoms with Crippen molar-refractivity contribution in [1.29, 1.82) is 0 Å². The molecule has 6 nitrogen and oxygen atoms in total. The number of benzene rings is 1. The normalized spacial score (nSPS) is 12.2. The zero-order valence-corrected chi connectivity index (χ0v) is 18.8. The number of amides is 1. The summed E-state index contributed by atoms with van der Waals surface area (Å²) in [5.74, 6) is -1.08. The Morgan fingerprint density at radius 1 is 1.18 bits per heavy atom. The van der Waals surface area contributed by atoms with Gasteiger partial charge in [-0.3, -0.25) is 4.79 Å². The van der Waals surface area contributed by atoms with Gasteiger partial charge in [0.2, 0.25) is 8.32 Å². The van der Waals surface area contributed by atoms with Crippen LogP contribution >= 0.6 is 11.6 Å². The summed E-state index contributed by atoms with van der Waals surface area (Å²) in [6, 6.07) is 3.92. The number of carbonyl (C=O) groups is 1. The minimum atomic E-state index is -2.13. The standard InChI is InChI=1S/C19H27ClFN3O3Si/c1-11(2)28(12(3)4,13(5)6)26-10-17-18(24-27-23-17)19(25)22-14-7-8-16(21)15(20)9-14/h7-9,11-13H,10H2,1-6H3,(H,22,25). The van der Waals surface area contributed by atoms with Crippen LogP contribution in [0, 0.1) is 5.82 Å². The molecule has 1 N–H and O–H groups in total. The number of hydrogen-bond donors (Lipinski definition) is 1. The van der Waals surface area contributed by atoms with E-state index in [2.05, 4.69) is 57.2 Å². The molecule has 0 saturated heterocycles. The third-order valence-corrected chi connectivity index (χ3v) is 11.5. The van der Waals surface area contributed by atoms with Crippen molar-refractivity contribution < 1.29 is 18.2 Å². The van der Waals surface area contributed by atoms with Crippen molar-refractivity contribution in [2.45, 2.75) is 64.8 Å². The summed E-state index contributed by atoms with van der Waals surface area (Å²) in [5.41, 5.74) is 1.91. The third kappa shape index (κ3) is 4.61. The maximum atomic E-state index is 13.3. The molecule has 0 aliphatic rings. The lowest BCUT2D eigenvalue weighted by molar-refractivity contribution is 0.101. The van der Waals surface area contributed by atoms with Crippen LogP contribution in [-0.4, -0.2) is 24.5 Å². The first-order chi connectivity index (χ1) is 13.1. The molecule has 0 spiro atoms. The Morgan fingerprint density at radius 2 is 1.79 bits per heavy atom. The second-order valence-electron chi connectivity index (χ2n) is 7.75. The van der Waals surface area contributed by atoms with Crippen LogP contribution in [0.15, 0.2) is 22.8 Å². The van der Waals surface area contributed by atoms with Crippen molar-refractivity contribution in [3.63, 3.8) is 0 Å². The average molecular weight is 428 g/mol.